The van der Waals surface area contributed by atoms with Crippen LogP contribution in [-0.4, -0.2) is 26.4 Å². The van der Waals surface area contributed by atoms with Crippen molar-refractivity contribution < 1.29 is 13.2 Å². The van der Waals surface area contributed by atoms with Gasteiger partial charge >= 0.3 is 6.03 Å². The molecule has 2 N–H and O–H groups in total. The number of nitrogens with one attached hydrogen (secondary N) is 2. The Morgan fingerprint density at radius 2 is 1.73 bits per heavy atom. The third-order valence-corrected chi connectivity index (χ3v) is 8.73. The predicted octanol–water partition coefficient (Wildman–Crippen LogP) is 4.59. The molecular weight excluding hydrogens is 434 g/mol. The molecular formula is C26H27N3O3S. The highest BCUT2D eigenvalue weighted by Gasteiger charge is 2.38. The number of sulfone groups is 1. The minimum atomic E-state index is -3.47. The Labute approximate surface area is 194 Å². The molecule has 2 amide bonds. The van der Waals surface area contributed by atoms with Crippen LogP contribution >= 0.6 is 0 Å². The van der Waals surface area contributed by atoms with E-state index < -0.39 is 15.1 Å². The van der Waals surface area contributed by atoms with Gasteiger partial charge in [0.15, 0.2) is 9.84 Å². The van der Waals surface area contributed by atoms with Gasteiger partial charge in [-0.1, -0.05) is 48.5 Å². The van der Waals surface area contributed by atoms with Crippen molar-refractivity contribution in [3.63, 3.8) is 0 Å². The lowest BCUT2D eigenvalue weighted by molar-refractivity contribution is 0.249. The number of anilines is 1. The number of hydrogen-bond donors (Lipinski definition) is 2. The predicted molar refractivity (Wildman–Crippen MR) is 129 cm³/mol. The van der Waals surface area contributed by atoms with Gasteiger partial charge < -0.3 is 10.6 Å². The summed E-state index contributed by atoms with van der Waals surface area (Å²) in [5.41, 5.74) is 5.63. The largest absolute Gasteiger partial charge is 0.331 e. The van der Waals surface area contributed by atoms with Crippen LogP contribution in [0.25, 0.3) is 0 Å². The van der Waals surface area contributed by atoms with Gasteiger partial charge in [0.1, 0.15) is 0 Å². The Morgan fingerprint density at radius 1 is 0.970 bits per heavy atom. The van der Waals surface area contributed by atoms with Crippen molar-refractivity contribution in [2.24, 2.45) is 0 Å². The molecule has 0 saturated carbocycles. The number of rotatable bonds is 4. The van der Waals surface area contributed by atoms with Crippen LogP contribution < -0.4 is 10.6 Å². The van der Waals surface area contributed by atoms with E-state index in [-0.39, 0.29) is 12.1 Å². The summed E-state index contributed by atoms with van der Waals surface area (Å²) in [6.07, 6.45) is 0.407. The Hall–Kier alpha value is -3.16. The summed E-state index contributed by atoms with van der Waals surface area (Å²) in [6.45, 7) is 3.66. The van der Waals surface area contributed by atoms with E-state index in [1.807, 2.05) is 49.4 Å². The Bertz CT molecular complexity index is 1320. The lowest BCUT2D eigenvalue weighted by atomic mass is 10.00. The van der Waals surface area contributed by atoms with Crippen LogP contribution in [0.15, 0.2) is 71.6 Å². The van der Waals surface area contributed by atoms with Gasteiger partial charge in [-0.15, -0.1) is 0 Å². The Morgan fingerprint density at radius 3 is 2.52 bits per heavy atom. The van der Waals surface area contributed by atoms with Crippen LogP contribution in [0.3, 0.4) is 0 Å². The molecule has 2 atom stereocenters. The number of nitrogens with zero attached hydrogens (tertiary/aromatic N) is 1. The van der Waals surface area contributed by atoms with Crippen molar-refractivity contribution >= 4 is 21.6 Å². The van der Waals surface area contributed by atoms with Crippen LogP contribution in [0.5, 0.6) is 0 Å². The number of carbonyl (C=O) groups is 1. The van der Waals surface area contributed by atoms with Crippen molar-refractivity contribution in [3.05, 3.63) is 94.5 Å². The summed E-state index contributed by atoms with van der Waals surface area (Å²) >= 11 is 0. The van der Waals surface area contributed by atoms with Gasteiger partial charge in [0, 0.05) is 18.8 Å². The molecule has 7 heteroatoms. The van der Waals surface area contributed by atoms with Gasteiger partial charge in [0.25, 0.3) is 0 Å². The summed E-state index contributed by atoms with van der Waals surface area (Å²) < 4.78 is 26.5. The van der Waals surface area contributed by atoms with Gasteiger partial charge in [-0.25, -0.2) is 13.2 Å². The smallest absolute Gasteiger partial charge is 0.319 e. The van der Waals surface area contributed by atoms with Gasteiger partial charge in [0.2, 0.25) is 0 Å². The maximum Gasteiger partial charge on any atom is 0.319 e. The van der Waals surface area contributed by atoms with Crippen molar-refractivity contribution in [3.8, 4) is 0 Å². The third kappa shape index (κ3) is 4.14. The highest BCUT2D eigenvalue weighted by molar-refractivity contribution is 7.92. The second kappa shape index (κ2) is 8.32. The highest BCUT2D eigenvalue weighted by atomic mass is 32.2. The molecule has 0 saturated heterocycles. The van der Waals surface area contributed by atoms with E-state index in [4.69, 9.17) is 0 Å². The van der Waals surface area contributed by atoms with Gasteiger partial charge in [-0.3, -0.25) is 4.90 Å². The molecule has 0 spiro atoms. The number of benzene rings is 3. The van der Waals surface area contributed by atoms with E-state index in [2.05, 4.69) is 28.6 Å². The average Bonchev–Trinajstić information content (AvgIpc) is 3.28. The standard InChI is InChI=1S/C26H27N3O3S/c1-17(18-6-4-3-5-7-18)27-26(30)28-23-10-11-24-21(13-23)14-25(33(24,31)32)19-8-9-20-15-29(2)16-22(20)12-19/h3-13,17,25H,14-16H2,1-2H3,(H2,27,28,30)/t17-,25?/m0/s1. The quantitative estimate of drug-likeness (QED) is 0.596. The van der Waals surface area contributed by atoms with Gasteiger partial charge in [-0.05, 0) is 66.4 Å². The summed E-state index contributed by atoms with van der Waals surface area (Å²) in [7, 11) is -1.41. The van der Waals surface area contributed by atoms with Crippen LogP contribution in [0.2, 0.25) is 0 Å². The van der Waals surface area contributed by atoms with Crippen molar-refractivity contribution in [2.75, 3.05) is 12.4 Å². The minimum Gasteiger partial charge on any atom is -0.331 e. The number of hydrogen-bond acceptors (Lipinski definition) is 4. The summed E-state index contributed by atoms with van der Waals surface area (Å²) in [5.74, 6) is 0. The van der Waals surface area contributed by atoms with Crippen LogP contribution in [0.4, 0.5) is 10.5 Å². The first kappa shape index (κ1) is 21.7. The van der Waals surface area contributed by atoms with E-state index in [1.54, 1.807) is 18.2 Å². The van der Waals surface area contributed by atoms with Crippen LogP contribution in [0, 0.1) is 0 Å². The molecule has 2 aliphatic rings. The van der Waals surface area contributed by atoms with E-state index in [1.165, 1.54) is 11.1 Å². The fraction of sp³-hybridized carbons (Fsp3) is 0.269. The van der Waals surface area contributed by atoms with Crippen LogP contribution in [-0.2, 0) is 29.3 Å². The summed E-state index contributed by atoms with van der Waals surface area (Å²) in [5, 5.41) is 5.17. The topological polar surface area (TPSA) is 78.5 Å². The zero-order valence-electron chi connectivity index (χ0n) is 18.7. The minimum absolute atomic E-state index is 0.149. The zero-order valence-corrected chi connectivity index (χ0v) is 19.5. The van der Waals surface area contributed by atoms with E-state index in [9.17, 15) is 13.2 Å². The molecule has 0 aliphatic carbocycles. The Kier molecular flexibility index (Phi) is 5.46. The SMILES string of the molecule is C[C@H](NC(=O)Nc1ccc2c(c1)CC(c1ccc3c(c1)CN(C)C3)S2(=O)=O)c1ccccc1. The molecule has 0 fully saturated rings. The number of carbonyl (C=O) groups excluding carboxylic acids is 1. The lowest BCUT2D eigenvalue weighted by Gasteiger charge is -2.15. The number of fused-ring (bicyclic) bond motifs is 2. The van der Waals surface area contributed by atoms with Crippen molar-refractivity contribution in [2.45, 2.75) is 42.6 Å². The first-order chi connectivity index (χ1) is 15.8. The summed E-state index contributed by atoms with van der Waals surface area (Å²) in [4.78, 5) is 15.1. The molecule has 2 aliphatic heterocycles. The van der Waals surface area contributed by atoms with Crippen molar-refractivity contribution in [1.82, 2.24) is 10.2 Å². The summed E-state index contributed by atoms with van der Waals surface area (Å²) in [6, 6.07) is 20.3. The zero-order chi connectivity index (χ0) is 23.2. The fourth-order valence-electron chi connectivity index (χ4n) is 4.83. The van der Waals surface area contributed by atoms with Crippen molar-refractivity contribution in [1.29, 1.82) is 0 Å². The molecule has 170 valence electrons. The highest BCUT2D eigenvalue weighted by Crippen LogP contribution is 2.42. The molecule has 5 rings (SSSR count). The molecule has 3 aromatic carbocycles. The second-order valence-electron chi connectivity index (χ2n) is 8.99. The van der Waals surface area contributed by atoms with Crippen LogP contribution in [0.1, 0.15) is 46.0 Å². The average molecular weight is 462 g/mol. The molecule has 33 heavy (non-hydrogen) atoms. The fourth-order valence-corrected chi connectivity index (χ4v) is 6.80. The molecule has 6 nitrogen and oxygen atoms in total. The normalized spacial score (nSPS) is 19.5. The molecule has 0 bridgehead atoms. The molecule has 2 heterocycles. The van der Waals surface area contributed by atoms with E-state index >= 15 is 0 Å². The molecule has 0 radical (unpaired) electrons. The van der Waals surface area contributed by atoms with Gasteiger partial charge in [-0.2, -0.15) is 0 Å². The maximum absolute atomic E-state index is 13.3. The molecule has 1 unspecified atom stereocenters. The maximum atomic E-state index is 13.3. The first-order valence-electron chi connectivity index (χ1n) is 11.1. The number of amides is 2. The molecule has 0 aromatic heterocycles. The van der Waals surface area contributed by atoms with E-state index in [0.717, 1.165) is 29.8 Å². The third-order valence-electron chi connectivity index (χ3n) is 6.53. The first-order valence-corrected chi connectivity index (χ1v) is 12.7. The molecule has 3 aromatic rings. The van der Waals surface area contributed by atoms with E-state index in [0.29, 0.717) is 17.0 Å². The lowest BCUT2D eigenvalue weighted by Crippen LogP contribution is -2.31. The monoisotopic (exact) mass is 461 g/mol. The number of urea groups is 1. The Balaban J connectivity index is 1.33. The van der Waals surface area contributed by atoms with Gasteiger partial charge in [0.05, 0.1) is 16.2 Å². The second-order valence-corrected chi connectivity index (χ2v) is 11.1.